The monoisotopic (exact) mass is 347 g/mol. The molecule has 0 unspecified atom stereocenters. The fraction of sp³-hybridized carbons (Fsp3) is 0.263. The van der Waals surface area contributed by atoms with Crippen LogP contribution in [0.15, 0.2) is 49.1 Å². The van der Waals surface area contributed by atoms with Gasteiger partial charge >= 0.3 is 0 Å². The largest absolute Gasteiger partial charge is 0.497 e. The lowest BCUT2D eigenvalue weighted by Gasteiger charge is -2.14. The summed E-state index contributed by atoms with van der Waals surface area (Å²) in [5.41, 5.74) is 2.20. The van der Waals surface area contributed by atoms with E-state index in [1.807, 2.05) is 36.4 Å². The van der Waals surface area contributed by atoms with E-state index < -0.39 is 0 Å². The van der Waals surface area contributed by atoms with Crippen LogP contribution in [0.5, 0.6) is 17.2 Å². The van der Waals surface area contributed by atoms with Gasteiger partial charge in [-0.05, 0) is 35.4 Å². The predicted octanol–water partition coefficient (Wildman–Crippen LogP) is 4.21. The minimum absolute atomic E-state index is 0.380. The summed E-state index contributed by atoms with van der Waals surface area (Å²) in [7, 11) is 3.26. The van der Waals surface area contributed by atoms with Gasteiger partial charge in [0.1, 0.15) is 12.4 Å². The van der Waals surface area contributed by atoms with Gasteiger partial charge in [0.15, 0.2) is 11.5 Å². The zero-order valence-electron chi connectivity index (χ0n) is 14.0. The molecule has 24 heavy (non-hydrogen) atoms. The average molecular weight is 348 g/mol. The summed E-state index contributed by atoms with van der Waals surface area (Å²) in [5.74, 6) is 2.01. The van der Waals surface area contributed by atoms with Crippen LogP contribution in [-0.4, -0.2) is 20.8 Å². The first-order chi connectivity index (χ1) is 11.7. The topological polar surface area (TPSA) is 39.7 Å². The summed E-state index contributed by atoms with van der Waals surface area (Å²) in [4.78, 5) is 0. The van der Waals surface area contributed by atoms with Crippen LogP contribution in [0.1, 0.15) is 11.1 Å². The predicted molar refractivity (Wildman–Crippen MR) is 97.2 cm³/mol. The minimum Gasteiger partial charge on any atom is -0.497 e. The lowest BCUT2D eigenvalue weighted by atomic mass is 10.1. The van der Waals surface area contributed by atoms with Gasteiger partial charge in [0.25, 0.3) is 0 Å². The Kier molecular flexibility index (Phi) is 6.97. The summed E-state index contributed by atoms with van der Waals surface area (Å²) < 4.78 is 16.1. The molecule has 0 bridgehead atoms. The van der Waals surface area contributed by atoms with Crippen molar-refractivity contribution in [2.24, 2.45) is 0 Å². The van der Waals surface area contributed by atoms with E-state index in [-0.39, 0.29) is 0 Å². The maximum atomic E-state index is 6.30. The summed E-state index contributed by atoms with van der Waals surface area (Å²) in [6.07, 6.45) is 1.67. The Bertz CT molecular complexity index is 671. The molecule has 0 aliphatic rings. The highest BCUT2D eigenvalue weighted by molar-refractivity contribution is 6.32. The average Bonchev–Trinajstić information content (AvgIpc) is 2.61. The fourth-order valence-electron chi connectivity index (χ4n) is 2.25. The SMILES string of the molecule is C=CCOc1c(Cl)cc(CNCc2ccc(OC)cc2)cc1OC. The number of nitrogens with one attached hydrogen (secondary N) is 1. The molecule has 2 aromatic carbocycles. The molecule has 5 heteroatoms. The van der Waals surface area contributed by atoms with E-state index in [9.17, 15) is 0 Å². The van der Waals surface area contributed by atoms with Crippen LogP contribution >= 0.6 is 11.6 Å². The Balaban J connectivity index is 1.98. The minimum atomic E-state index is 0.380. The summed E-state index contributed by atoms with van der Waals surface area (Å²) >= 11 is 6.30. The van der Waals surface area contributed by atoms with Gasteiger partial charge in [-0.2, -0.15) is 0 Å². The van der Waals surface area contributed by atoms with Gasteiger partial charge in [0.05, 0.1) is 19.2 Å². The third kappa shape index (κ3) is 4.91. The molecule has 0 saturated heterocycles. The van der Waals surface area contributed by atoms with Crippen molar-refractivity contribution < 1.29 is 14.2 Å². The van der Waals surface area contributed by atoms with Crippen molar-refractivity contribution in [3.05, 3.63) is 65.2 Å². The van der Waals surface area contributed by atoms with Crippen LogP contribution in [0, 0.1) is 0 Å². The lowest BCUT2D eigenvalue weighted by Crippen LogP contribution is -2.13. The lowest BCUT2D eigenvalue weighted by molar-refractivity contribution is 0.326. The van der Waals surface area contributed by atoms with Gasteiger partial charge in [-0.25, -0.2) is 0 Å². The van der Waals surface area contributed by atoms with E-state index in [1.54, 1.807) is 20.3 Å². The van der Waals surface area contributed by atoms with Crippen molar-refractivity contribution in [1.82, 2.24) is 5.32 Å². The highest BCUT2D eigenvalue weighted by atomic mass is 35.5. The molecule has 0 radical (unpaired) electrons. The number of methoxy groups -OCH3 is 2. The first kappa shape index (κ1) is 18.2. The van der Waals surface area contributed by atoms with Gasteiger partial charge in [0.2, 0.25) is 0 Å². The van der Waals surface area contributed by atoms with Crippen LogP contribution < -0.4 is 19.5 Å². The van der Waals surface area contributed by atoms with Crippen LogP contribution in [0.4, 0.5) is 0 Å². The second kappa shape index (κ2) is 9.21. The third-order valence-corrected chi connectivity index (χ3v) is 3.73. The number of hydrogen-bond donors (Lipinski definition) is 1. The molecule has 0 heterocycles. The Morgan fingerprint density at radius 3 is 2.38 bits per heavy atom. The molecule has 4 nitrogen and oxygen atoms in total. The van der Waals surface area contributed by atoms with Gasteiger partial charge < -0.3 is 19.5 Å². The summed E-state index contributed by atoms with van der Waals surface area (Å²) in [6.45, 7) is 5.43. The van der Waals surface area contributed by atoms with Crippen molar-refractivity contribution in [3.63, 3.8) is 0 Å². The molecule has 0 fully saturated rings. The molecule has 0 aromatic heterocycles. The maximum Gasteiger partial charge on any atom is 0.180 e. The molecule has 2 rings (SSSR count). The second-order valence-electron chi connectivity index (χ2n) is 5.16. The van der Waals surface area contributed by atoms with Gasteiger partial charge in [-0.1, -0.05) is 36.4 Å². The molecule has 128 valence electrons. The number of benzene rings is 2. The van der Waals surface area contributed by atoms with Crippen molar-refractivity contribution in [1.29, 1.82) is 0 Å². The maximum absolute atomic E-state index is 6.30. The Labute approximate surface area is 148 Å². The molecule has 0 saturated carbocycles. The summed E-state index contributed by atoms with van der Waals surface area (Å²) in [6, 6.07) is 11.8. The molecule has 2 aromatic rings. The zero-order valence-corrected chi connectivity index (χ0v) is 14.7. The van der Waals surface area contributed by atoms with Gasteiger partial charge in [0, 0.05) is 13.1 Å². The molecule has 0 aliphatic heterocycles. The van der Waals surface area contributed by atoms with Crippen LogP contribution in [0.3, 0.4) is 0 Å². The molecule has 0 spiro atoms. The number of halogens is 1. The van der Waals surface area contributed by atoms with Crippen molar-refractivity contribution >= 4 is 11.6 Å². The van der Waals surface area contributed by atoms with E-state index in [2.05, 4.69) is 11.9 Å². The van der Waals surface area contributed by atoms with Crippen molar-refractivity contribution in [2.75, 3.05) is 20.8 Å². The number of rotatable bonds is 9. The van der Waals surface area contributed by atoms with Crippen molar-refractivity contribution in [3.8, 4) is 17.2 Å². The van der Waals surface area contributed by atoms with Crippen molar-refractivity contribution in [2.45, 2.75) is 13.1 Å². The zero-order chi connectivity index (χ0) is 17.4. The smallest absolute Gasteiger partial charge is 0.180 e. The van der Waals surface area contributed by atoms with Gasteiger partial charge in [-0.3, -0.25) is 0 Å². The number of ether oxygens (including phenoxy) is 3. The van der Waals surface area contributed by atoms with E-state index in [1.165, 1.54) is 5.56 Å². The second-order valence-corrected chi connectivity index (χ2v) is 5.57. The third-order valence-electron chi connectivity index (χ3n) is 3.45. The molecule has 0 amide bonds. The molecule has 0 aliphatic carbocycles. The molecular formula is C19H22ClNO3. The van der Waals surface area contributed by atoms with E-state index in [4.69, 9.17) is 25.8 Å². The van der Waals surface area contributed by atoms with Gasteiger partial charge in [-0.15, -0.1) is 0 Å². The number of hydrogen-bond acceptors (Lipinski definition) is 4. The molecular weight excluding hydrogens is 326 g/mol. The van der Waals surface area contributed by atoms with Crippen LogP contribution in [0.25, 0.3) is 0 Å². The molecule has 1 N–H and O–H groups in total. The van der Waals surface area contributed by atoms with E-state index in [0.717, 1.165) is 17.9 Å². The fourth-order valence-corrected chi connectivity index (χ4v) is 2.54. The molecule has 0 atom stereocenters. The van der Waals surface area contributed by atoms with Crippen LogP contribution in [-0.2, 0) is 13.1 Å². The first-order valence-electron chi connectivity index (χ1n) is 7.61. The van der Waals surface area contributed by atoms with Crippen LogP contribution in [0.2, 0.25) is 5.02 Å². The quantitative estimate of drug-likeness (QED) is 0.690. The van der Waals surface area contributed by atoms with E-state index in [0.29, 0.717) is 29.7 Å². The standard InChI is InChI=1S/C19H22ClNO3/c1-4-9-24-19-17(20)10-15(11-18(19)23-3)13-21-12-14-5-7-16(22-2)8-6-14/h4-8,10-11,21H,1,9,12-13H2,2-3H3. The normalized spacial score (nSPS) is 10.3. The Hall–Kier alpha value is -2.17. The first-order valence-corrected chi connectivity index (χ1v) is 7.99. The highest BCUT2D eigenvalue weighted by Gasteiger charge is 2.11. The van der Waals surface area contributed by atoms with E-state index >= 15 is 0 Å². The Morgan fingerprint density at radius 2 is 1.75 bits per heavy atom. The highest BCUT2D eigenvalue weighted by Crippen LogP contribution is 2.36. The Morgan fingerprint density at radius 1 is 1.04 bits per heavy atom. The summed E-state index contributed by atoms with van der Waals surface area (Å²) in [5, 5.41) is 3.91.